The first kappa shape index (κ1) is 18.9. The minimum Gasteiger partial charge on any atom is -0.390 e. The maximum atomic E-state index is 11.1. The summed E-state index contributed by atoms with van der Waals surface area (Å²) in [6.45, 7) is 5.84. The lowest BCUT2D eigenvalue weighted by Gasteiger charge is -2.41. The number of hydrogen-bond acceptors (Lipinski definition) is 7. The third-order valence-electron chi connectivity index (χ3n) is 4.89. The van der Waals surface area contributed by atoms with Gasteiger partial charge in [0.25, 0.3) is 0 Å². The highest BCUT2D eigenvalue weighted by Gasteiger charge is 2.39. The Hall–Kier alpha value is -0.830. The van der Waals surface area contributed by atoms with E-state index in [2.05, 4.69) is 0 Å². The van der Waals surface area contributed by atoms with Crippen LogP contribution in [-0.2, 0) is 28.5 Å². The second-order valence-corrected chi connectivity index (χ2v) is 7.08. The van der Waals surface area contributed by atoms with Gasteiger partial charge in [0.15, 0.2) is 18.4 Å². The Labute approximate surface area is 148 Å². The standard InChI is InChI=1S/C18H28O7/c1-10-8-14(20)18(12(3)22-10)25-17-7-5-15(11(2)23-17)24-16-6-4-13(19)9-21-16/h4,6,10-12,14-18,20H,5,7-9H2,1-3H3. The molecule has 3 aliphatic heterocycles. The smallest absolute Gasteiger partial charge is 0.181 e. The predicted molar refractivity (Wildman–Crippen MR) is 87.8 cm³/mol. The lowest BCUT2D eigenvalue weighted by atomic mass is 9.99. The number of ketones is 1. The van der Waals surface area contributed by atoms with Gasteiger partial charge in [0.2, 0.25) is 0 Å². The van der Waals surface area contributed by atoms with Gasteiger partial charge in [-0.15, -0.1) is 0 Å². The molecule has 0 amide bonds. The van der Waals surface area contributed by atoms with E-state index in [4.69, 9.17) is 23.7 Å². The highest BCUT2D eigenvalue weighted by atomic mass is 16.7. The zero-order chi connectivity index (χ0) is 18.0. The largest absolute Gasteiger partial charge is 0.390 e. The summed E-state index contributed by atoms with van der Waals surface area (Å²) in [6, 6.07) is 0. The molecule has 3 rings (SSSR count). The van der Waals surface area contributed by atoms with Crippen molar-refractivity contribution < 1.29 is 33.6 Å². The maximum Gasteiger partial charge on any atom is 0.181 e. The molecule has 0 aromatic rings. The van der Waals surface area contributed by atoms with Crippen molar-refractivity contribution >= 4 is 5.78 Å². The SMILES string of the molecule is CC1CC(O)C(OC2CCC(OC3C=CC(=O)CO3)C(C)O2)C(C)O1. The molecule has 0 aliphatic carbocycles. The summed E-state index contributed by atoms with van der Waals surface area (Å²) < 4.78 is 28.9. The first-order valence-electron chi connectivity index (χ1n) is 9.05. The van der Waals surface area contributed by atoms with Crippen LogP contribution in [0.3, 0.4) is 0 Å². The van der Waals surface area contributed by atoms with Crippen molar-refractivity contribution in [3.63, 3.8) is 0 Å². The second kappa shape index (κ2) is 8.24. The van der Waals surface area contributed by atoms with E-state index >= 15 is 0 Å². The van der Waals surface area contributed by atoms with Crippen LogP contribution in [0, 0.1) is 0 Å². The molecule has 8 atom stereocenters. The number of aliphatic hydroxyl groups is 1. The molecule has 0 aromatic heterocycles. The molecule has 0 aromatic carbocycles. The quantitative estimate of drug-likeness (QED) is 0.813. The van der Waals surface area contributed by atoms with E-state index in [1.165, 1.54) is 6.08 Å². The normalized spacial score (nSPS) is 45.5. The third-order valence-corrected chi connectivity index (χ3v) is 4.89. The van der Waals surface area contributed by atoms with Gasteiger partial charge in [-0.25, -0.2) is 0 Å². The lowest BCUT2D eigenvalue weighted by Crippen LogP contribution is -2.51. The van der Waals surface area contributed by atoms with Crippen LogP contribution >= 0.6 is 0 Å². The van der Waals surface area contributed by atoms with E-state index in [0.717, 1.165) is 6.42 Å². The Morgan fingerprint density at radius 1 is 1.12 bits per heavy atom. The monoisotopic (exact) mass is 356 g/mol. The molecule has 25 heavy (non-hydrogen) atoms. The Balaban J connectivity index is 1.48. The topological polar surface area (TPSA) is 83.5 Å². The molecule has 0 radical (unpaired) electrons. The Morgan fingerprint density at radius 2 is 1.92 bits per heavy atom. The number of aliphatic hydroxyl groups excluding tert-OH is 1. The van der Waals surface area contributed by atoms with E-state index in [-0.39, 0.29) is 42.9 Å². The molecule has 2 fully saturated rings. The molecule has 0 saturated carbocycles. The zero-order valence-electron chi connectivity index (χ0n) is 15.0. The van der Waals surface area contributed by atoms with Crippen LogP contribution in [0.4, 0.5) is 0 Å². The van der Waals surface area contributed by atoms with Crippen molar-refractivity contribution in [2.24, 2.45) is 0 Å². The Morgan fingerprint density at radius 3 is 2.56 bits per heavy atom. The van der Waals surface area contributed by atoms with Crippen LogP contribution in [0.2, 0.25) is 0 Å². The van der Waals surface area contributed by atoms with Crippen molar-refractivity contribution in [2.75, 3.05) is 6.61 Å². The lowest BCUT2D eigenvalue weighted by molar-refractivity contribution is -0.289. The Bertz CT molecular complexity index is 482. The molecule has 0 spiro atoms. The Kier molecular flexibility index (Phi) is 6.25. The van der Waals surface area contributed by atoms with E-state index in [1.807, 2.05) is 20.8 Å². The van der Waals surface area contributed by atoms with Gasteiger partial charge in [-0.2, -0.15) is 0 Å². The molecule has 0 bridgehead atoms. The minimum atomic E-state index is -0.551. The number of rotatable bonds is 4. The summed E-state index contributed by atoms with van der Waals surface area (Å²) in [4.78, 5) is 11.1. The van der Waals surface area contributed by atoms with Crippen molar-refractivity contribution in [1.29, 1.82) is 0 Å². The predicted octanol–water partition coefficient (Wildman–Crippen LogP) is 1.32. The average molecular weight is 356 g/mol. The van der Waals surface area contributed by atoms with E-state index in [9.17, 15) is 9.90 Å². The van der Waals surface area contributed by atoms with Crippen molar-refractivity contribution in [3.05, 3.63) is 12.2 Å². The van der Waals surface area contributed by atoms with E-state index < -0.39 is 18.7 Å². The molecule has 7 heteroatoms. The molecule has 2 saturated heterocycles. The number of hydrogen-bond donors (Lipinski definition) is 1. The minimum absolute atomic E-state index is 0.0317. The summed E-state index contributed by atoms with van der Waals surface area (Å²) in [6.07, 6.45) is 2.79. The van der Waals surface area contributed by atoms with Crippen LogP contribution < -0.4 is 0 Å². The van der Waals surface area contributed by atoms with Gasteiger partial charge in [0, 0.05) is 12.8 Å². The van der Waals surface area contributed by atoms with E-state index in [0.29, 0.717) is 12.8 Å². The average Bonchev–Trinajstić information content (AvgIpc) is 2.55. The van der Waals surface area contributed by atoms with Crippen LogP contribution in [0.15, 0.2) is 12.2 Å². The van der Waals surface area contributed by atoms with Crippen LogP contribution in [0.1, 0.15) is 40.0 Å². The van der Waals surface area contributed by atoms with Gasteiger partial charge in [0.05, 0.1) is 30.5 Å². The van der Waals surface area contributed by atoms with Crippen LogP contribution in [0.25, 0.3) is 0 Å². The second-order valence-electron chi connectivity index (χ2n) is 7.08. The molecule has 3 heterocycles. The first-order chi connectivity index (χ1) is 11.9. The molecule has 3 aliphatic rings. The molecule has 7 nitrogen and oxygen atoms in total. The molecule has 1 N–H and O–H groups in total. The summed E-state index contributed by atoms with van der Waals surface area (Å²) in [5.74, 6) is -0.0575. The van der Waals surface area contributed by atoms with Gasteiger partial charge in [0.1, 0.15) is 12.7 Å². The van der Waals surface area contributed by atoms with Crippen molar-refractivity contribution in [2.45, 2.75) is 89.2 Å². The number of ether oxygens (including phenoxy) is 5. The van der Waals surface area contributed by atoms with Crippen molar-refractivity contribution in [3.8, 4) is 0 Å². The van der Waals surface area contributed by atoms with Gasteiger partial charge < -0.3 is 28.8 Å². The fourth-order valence-electron chi connectivity index (χ4n) is 3.58. The highest BCUT2D eigenvalue weighted by molar-refractivity contribution is 5.91. The number of carbonyl (C=O) groups excluding carboxylic acids is 1. The molecular formula is C18H28O7. The molecule has 142 valence electrons. The van der Waals surface area contributed by atoms with Crippen LogP contribution in [-0.4, -0.2) is 66.7 Å². The van der Waals surface area contributed by atoms with Gasteiger partial charge >= 0.3 is 0 Å². The zero-order valence-corrected chi connectivity index (χ0v) is 15.0. The third kappa shape index (κ3) is 4.87. The van der Waals surface area contributed by atoms with Gasteiger partial charge in [-0.3, -0.25) is 4.79 Å². The molecular weight excluding hydrogens is 328 g/mol. The summed E-state index contributed by atoms with van der Waals surface area (Å²) in [5.41, 5.74) is 0. The molecule has 8 unspecified atom stereocenters. The van der Waals surface area contributed by atoms with E-state index in [1.54, 1.807) is 6.08 Å². The summed E-state index contributed by atoms with van der Waals surface area (Å²) >= 11 is 0. The van der Waals surface area contributed by atoms with Gasteiger partial charge in [-0.05, 0) is 39.3 Å². The summed E-state index contributed by atoms with van der Waals surface area (Å²) in [7, 11) is 0. The first-order valence-corrected chi connectivity index (χ1v) is 9.05. The van der Waals surface area contributed by atoms with Crippen LogP contribution in [0.5, 0.6) is 0 Å². The number of carbonyl (C=O) groups is 1. The van der Waals surface area contributed by atoms with Gasteiger partial charge in [-0.1, -0.05) is 0 Å². The van der Waals surface area contributed by atoms with Crippen molar-refractivity contribution in [1.82, 2.24) is 0 Å². The summed E-state index contributed by atoms with van der Waals surface area (Å²) in [5, 5.41) is 10.3. The fourth-order valence-corrected chi connectivity index (χ4v) is 3.58. The highest BCUT2D eigenvalue weighted by Crippen LogP contribution is 2.29. The maximum absolute atomic E-state index is 11.1. The fraction of sp³-hybridized carbons (Fsp3) is 0.833.